The molecular weight excluding hydrogens is 300 g/mol. The van der Waals surface area contributed by atoms with E-state index in [4.69, 9.17) is 0 Å². The minimum absolute atomic E-state index is 0.145. The van der Waals surface area contributed by atoms with Gasteiger partial charge in [-0.25, -0.2) is 9.78 Å². The molecule has 0 radical (unpaired) electrons. The van der Waals surface area contributed by atoms with Gasteiger partial charge in [0, 0.05) is 37.1 Å². The number of hydrogen-bond acceptors (Lipinski definition) is 2. The van der Waals surface area contributed by atoms with Crippen LogP contribution in [0.4, 0.5) is 10.5 Å². The molecular formula is C19H28N4O. The summed E-state index contributed by atoms with van der Waals surface area (Å²) in [6.45, 7) is 7.89. The van der Waals surface area contributed by atoms with Crippen LogP contribution in [0, 0.1) is 0 Å². The van der Waals surface area contributed by atoms with E-state index in [1.54, 1.807) is 0 Å². The standard InChI is InChI=1S/C19H28N4O/c1-4-5-6-10-21-19(24)22-17-9-7-8-16(13-17)14-23-12-11-20-18(23)15(2)3/h7-9,11-13,15H,4-6,10,14H2,1-3H3,(H2,21,22,24). The van der Waals surface area contributed by atoms with Crippen LogP contribution in [-0.4, -0.2) is 22.1 Å². The third-order valence-corrected chi connectivity index (χ3v) is 3.87. The number of carbonyl (C=O) groups is 1. The number of benzene rings is 1. The Morgan fingerprint density at radius 2 is 2.12 bits per heavy atom. The Hall–Kier alpha value is -2.30. The van der Waals surface area contributed by atoms with Crippen LogP contribution in [0.3, 0.4) is 0 Å². The molecule has 0 saturated carbocycles. The van der Waals surface area contributed by atoms with Gasteiger partial charge in [-0.15, -0.1) is 0 Å². The van der Waals surface area contributed by atoms with Gasteiger partial charge in [-0.05, 0) is 24.1 Å². The maximum atomic E-state index is 11.9. The average Bonchev–Trinajstić information content (AvgIpc) is 3.00. The quantitative estimate of drug-likeness (QED) is 0.707. The Kier molecular flexibility index (Phi) is 6.85. The first kappa shape index (κ1) is 18.0. The lowest BCUT2D eigenvalue weighted by Gasteiger charge is -2.12. The van der Waals surface area contributed by atoms with E-state index in [2.05, 4.69) is 47.0 Å². The summed E-state index contributed by atoms with van der Waals surface area (Å²) in [5.41, 5.74) is 1.95. The van der Waals surface area contributed by atoms with Crippen LogP contribution in [-0.2, 0) is 6.54 Å². The Bertz CT molecular complexity index is 648. The van der Waals surface area contributed by atoms with E-state index in [1.165, 1.54) is 0 Å². The first-order valence-corrected chi connectivity index (χ1v) is 8.75. The number of aromatic nitrogens is 2. The largest absolute Gasteiger partial charge is 0.338 e. The summed E-state index contributed by atoms with van der Waals surface area (Å²) < 4.78 is 2.15. The molecule has 2 aromatic rings. The van der Waals surface area contributed by atoms with E-state index in [0.29, 0.717) is 12.5 Å². The molecule has 2 amide bonds. The molecule has 2 rings (SSSR count). The first-order valence-electron chi connectivity index (χ1n) is 8.75. The van der Waals surface area contributed by atoms with Gasteiger partial charge >= 0.3 is 6.03 Å². The van der Waals surface area contributed by atoms with Crippen molar-refractivity contribution in [2.45, 2.75) is 52.5 Å². The highest BCUT2D eigenvalue weighted by atomic mass is 16.2. The van der Waals surface area contributed by atoms with Crippen LogP contribution in [0.1, 0.15) is 57.3 Å². The minimum atomic E-state index is -0.145. The molecule has 5 heteroatoms. The van der Waals surface area contributed by atoms with Gasteiger partial charge in [-0.3, -0.25) is 0 Å². The number of nitrogens with zero attached hydrogens (tertiary/aromatic N) is 2. The number of amides is 2. The smallest absolute Gasteiger partial charge is 0.319 e. The van der Waals surface area contributed by atoms with Crippen molar-refractivity contribution < 1.29 is 4.79 Å². The highest BCUT2D eigenvalue weighted by Gasteiger charge is 2.08. The summed E-state index contributed by atoms with van der Waals surface area (Å²) in [6, 6.07) is 7.80. The summed E-state index contributed by atoms with van der Waals surface area (Å²) in [4.78, 5) is 16.3. The summed E-state index contributed by atoms with van der Waals surface area (Å²) in [5, 5.41) is 5.79. The van der Waals surface area contributed by atoms with E-state index < -0.39 is 0 Å². The van der Waals surface area contributed by atoms with E-state index in [9.17, 15) is 4.79 Å². The highest BCUT2D eigenvalue weighted by Crippen LogP contribution is 2.16. The van der Waals surface area contributed by atoms with Crippen molar-refractivity contribution in [1.29, 1.82) is 0 Å². The van der Waals surface area contributed by atoms with Crippen molar-refractivity contribution in [3.05, 3.63) is 48.0 Å². The third-order valence-electron chi connectivity index (χ3n) is 3.87. The number of anilines is 1. The van der Waals surface area contributed by atoms with Crippen molar-refractivity contribution in [3.8, 4) is 0 Å². The van der Waals surface area contributed by atoms with Gasteiger partial charge in [0.1, 0.15) is 5.82 Å². The number of unbranched alkanes of at least 4 members (excludes halogenated alkanes) is 2. The molecule has 1 aromatic heterocycles. The summed E-state index contributed by atoms with van der Waals surface area (Å²) in [7, 11) is 0. The van der Waals surface area contributed by atoms with E-state index in [-0.39, 0.29) is 6.03 Å². The van der Waals surface area contributed by atoms with Crippen molar-refractivity contribution in [2.24, 2.45) is 0 Å². The number of urea groups is 1. The van der Waals surface area contributed by atoms with Crippen LogP contribution in [0.5, 0.6) is 0 Å². The van der Waals surface area contributed by atoms with Crippen LogP contribution in [0.2, 0.25) is 0 Å². The molecule has 0 bridgehead atoms. The van der Waals surface area contributed by atoms with Gasteiger partial charge < -0.3 is 15.2 Å². The molecule has 2 N–H and O–H groups in total. The number of carbonyl (C=O) groups excluding carboxylic acids is 1. The zero-order chi connectivity index (χ0) is 17.4. The zero-order valence-electron chi connectivity index (χ0n) is 14.9. The van der Waals surface area contributed by atoms with Gasteiger partial charge in [0.15, 0.2) is 0 Å². The lowest BCUT2D eigenvalue weighted by molar-refractivity contribution is 0.252. The Labute approximate surface area is 144 Å². The Morgan fingerprint density at radius 3 is 2.88 bits per heavy atom. The summed E-state index contributed by atoms with van der Waals surface area (Å²) in [5.74, 6) is 1.46. The van der Waals surface area contributed by atoms with Crippen LogP contribution < -0.4 is 10.6 Å². The van der Waals surface area contributed by atoms with Gasteiger partial charge in [0.05, 0.1) is 0 Å². The second-order valence-corrected chi connectivity index (χ2v) is 6.36. The van der Waals surface area contributed by atoms with Crippen molar-refractivity contribution in [1.82, 2.24) is 14.9 Å². The number of imidazole rings is 1. The molecule has 130 valence electrons. The molecule has 0 aliphatic heterocycles. The third kappa shape index (κ3) is 5.41. The Morgan fingerprint density at radius 1 is 1.29 bits per heavy atom. The van der Waals surface area contributed by atoms with E-state index in [1.807, 2.05) is 30.6 Å². The number of hydrogen-bond donors (Lipinski definition) is 2. The first-order chi connectivity index (χ1) is 11.6. The molecule has 0 aliphatic carbocycles. The molecule has 1 heterocycles. The molecule has 0 unspecified atom stereocenters. The van der Waals surface area contributed by atoms with Crippen LogP contribution in [0.25, 0.3) is 0 Å². The Balaban J connectivity index is 1.93. The molecule has 0 atom stereocenters. The molecule has 5 nitrogen and oxygen atoms in total. The minimum Gasteiger partial charge on any atom is -0.338 e. The van der Waals surface area contributed by atoms with Gasteiger partial charge in [0.2, 0.25) is 0 Å². The lowest BCUT2D eigenvalue weighted by Crippen LogP contribution is -2.29. The maximum Gasteiger partial charge on any atom is 0.319 e. The van der Waals surface area contributed by atoms with Crippen molar-refractivity contribution in [3.63, 3.8) is 0 Å². The number of nitrogens with one attached hydrogen (secondary N) is 2. The molecule has 0 fully saturated rings. The topological polar surface area (TPSA) is 59.0 Å². The fourth-order valence-corrected chi connectivity index (χ4v) is 2.65. The second-order valence-electron chi connectivity index (χ2n) is 6.36. The van der Waals surface area contributed by atoms with Crippen molar-refractivity contribution >= 4 is 11.7 Å². The van der Waals surface area contributed by atoms with Gasteiger partial charge in [-0.2, -0.15) is 0 Å². The predicted molar refractivity (Wildman–Crippen MR) is 98.4 cm³/mol. The lowest BCUT2D eigenvalue weighted by atomic mass is 10.1. The normalized spacial score (nSPS) is 10.8. The van der Waals surface area contributed by atoms with Crippen molar-refractivity contribution in [2.75, 3.05) is 11.9 Å². The van der Waals surface area contributed by atoms with Gasteiger partial charge in [0.25, 0.3) is 0 Å². The monoisotopic (exact) mass is 328 g/mol. The molecule has 0 saturated heterocycles. The second kappa shape index (κ2) is 9.11. The molecule has 1 aromatic carbocycles. The van der Waals surface area contributed by atoms with Gasteiger partial charge in [-0.1, -0.05) is 45.7 Å². The molecule has 0 spiro atoms. The average molecular weight is 328 g/mol. The van der Waals surface area contributed by atoms with Crippen LogP contribution in [0.15, 0.2) is 36.7 Å². The zero-order valence-corrected chi connectivity index (χ0v) is 14.9. The van der Waals surface area contributed by atoms with E-state index >= 15 is 0 Å². The SMILES string of the molecule is CCCCCNC(=O)Nc1cccc(Cn2ccnc2C(C)C)c1. The maximum absolute atomic E-state index is 11.9. The van der Waals surface area contributed by atoms with Crippen LogP contribution >= 0.6 is 0 Å². The number of rotatable bonds is 8. The predicted octanol–water partition coefficient (Wildman–Crippen LogP) is 4.37. The molecule has 24 heavy (non-hydrogen) atoms. The fourth-order valence-electron chi connectivity index (χ4n) is 2.65. The molecule has 0 aliphatic rings. The fraction of sp³-hybridized carbons (Fsp3) is 0.474. The van der Waals surface area contributed by atoms with E-state index in [0.717, 1.165) is 42.9 Å². The summed E-state index contributed by atoms with van der Waals surface area (Å²) in [6.07, 6.45) is 7.14. The summed E-state index contributed by atoms with van der Waals surface area (Å²) >= 11 is 0. The highest BCUT2D eigenvalue weighted by molar-refractivity contribution is 5.89.